The molecule has 3 aromatic rings. The largest absolute Gasteiger partial charge is 0.343 e. The van der Waals surface area contributed by atoms with Gasteiger partial charge in [-0.2, -0.15) is 3.97 Å². The molecule has 1 fully saturated rings. The molecule has 1 heterocycles. The van der Waals surface area contributed by atoms with Crippen LogP contribution < -0.4 is 5.69 Å². The molecular weight excluding hydrogens is 384 g/mol. The number of hydrogen-bond donors (Lipinski definition) is 0. The minimum Gasteiger partial charge on any atom is -0.291 e. The summed E-state index contributed by atoms with van der Waals surface area (Å²) in [6.45, 7) is 0.553. The molecule has 1 aliphatic rings. The highest BCUT2D eigenvalue weighted by molar-refractivity contribution is 7.90. The summed E-state index contributed by atoms with van der Waals surface area (Å²) in [5.74, 6) is 0.407. The third-order valence-corrected chi connectivity index (χ3v) is 7.21. The van der Waals surface area contributed by atoms with Gasteiger partial charge in [0, 0.05) is 11.6 Å². The van der Waals surface area contributed by atoms with Crippen LogP contribution in [0.15, 0.2) is 58.2 Å². The predicted molar refractivity (Wildman–Crippen MR) is 107 cm³/mol. The fourth-order valence-electron chi connectivity index (χ4n) is 3.95. The maximum atomic E-state index is 13.2. The molecule has 0 unspecified atom stereocenters. The number of para-hydroxylation sites is 2. The summed E-state index contributed by atoms with van der Waals surface area (Å²) in [5.41, 5.74) is 0.540. The van der Waals surface area contributed by atoms with Crippen molar-refractivity contribution in [3.05, 3.63) is 64.0 Å². The van der Waals surface area contributed by atoms with E-state index in [9.17, 15) is 13.2 Å². The number of hydrogen-bond acceptors (Lipinski definition) is 3. The van der Waals surface area contributed by atoms with Crippen LogP contribution in [0.25, 0.3) is 11.0 Å². The Bertz CT molecular complexity index is 1140. The first-order valence-electron chi connectivity index (χ1n) is 9.20. The van der Waals surface area contributed by atoms with Crippen LogP contribution in [-0.4, -0.2) is 17.0 Å². The number of nitrogens with zero attached hydrogens (tertiary/aromatic N) is 2. The Kier molecular flexibility index (Phi) is 4.86. The Morgan fingerprint density at radius 2 is 1.67 bits per heavy atom. The lowest BCUT2D eigenvalue weighted by molar-refractivity contribution is 0.319. The Balaban J connectivity index is 1.89. The zero-order chi connectivity index (χ0) is 19.0. The van der Waals surface area contributed by atoms with Gasteiger partial charge in [-0.1, -0.05) is 49.1 Å². The zero-order valence-electron chi connectivity index (χ0n) is 14.8. The minimum absolute atomic E-state index is 0.0117. The number of fused-ring (bicyclic) bond motifs is 1. The quantitative estimate of drug-likeness (QED) is 0.652. The lowest BCUT2D eigenvalue weighted by Crippen LogP contribution is -2.31. The molecular formula is C20H21ClN2O3S. The minimum atomic E-state index is -4.04. The maximum absolute atomic E-state index is 13.2. The van der Waals surface area contributed by atoms with Crippen LogP contribution in [0.3, 0.4) is 0 Å². The second kappa shape index (κ2) is 7.17. The van der Waals surface area contributed by atoms with Gasteiger partial charge in [-0.05, 0) is 49.1 Å². The molecule has 4 rings (SSSR count). The topological polar surface area (TPSA) is 61.1 Å². The second-order valence-electron chi connectivity index (χ2n) is 7.11. The Hall–Kier alpha value is -2.05. The summed E-state index contributed by atoms with van der Waals surface area (Å²) in [7, 11) is -4.04. The summed E-state index contributed by atoms with van der Waals surface area (Å²) in [6.07, 6.45) is 5.72. The molecule has 0 amide bonds. The standard InChI is InChI=1S/C20H21ClN2O3S/c21-16-9-6-10-17(13-16)27(25,26)23-19-12-5-4-11-18(19)22(20(23)24)14-15-7-2-1-3-8-15/h4-6,9-13,15H,1-3,7-8,14H2. The molecule has 5 nitrogen and oxygen atoms in total. The number of rotatable bonds is 4. The Morgan fingerprint density at radius 3 is 2.37 bits per heavy atom. The van der Waals surface area contributed by atoms with Crippen molar-refractivity contribution >= 4 is 32.7 Å². The summed E-state index contributed by atoms with van der Waals surface area (Å²) in [6, 6.07) is 13.1. The summed E-state index contributed by atoms with van der Waals surface area (Å²) >= 11 is 5.97. The van der Waals surface area contributed by atoms with E-state index < -0.39 is 15.7 Å². The Morgan fingerprint density at radius 1 is 0.963 bits per heavy atom. The summed E-state index contributed by atoms with van der Waals surface area (Å²) in [4.78, 5) is 13.2. The van der Waals surface area contributed by atoms with Crippen molar-refractivity contribution in [2.45, 2.75) is 43.5 Å². The van der Waals surface area contributed by atoms with E-state index in [0.29, 0.717) is 28.5 Å². The van der Waals surface area contributed by atoms with E-state index in [2.05, 4.69) is 0 Å². The van der Waals surface area contributed by atoms with Gasteiger partial charge in [0.1, 0.15) is 0 Å². The van der Waals surface area contributed by atoms with Crippen LogP contribution in [0.2, 0.25) is 5.02 Å². The van der Waals surface area contributed by atoms with Crippen molar-refractivity contribution in [3.8, 4) is 0 Å². The van der Waals surface area contributed by atoms with Gasteiger partial charge in [0.2, 0.25) is 0 Å². The van der Waals surface area contributed by atoms with E-state index in [1.807, 2.05) is 12.1 Å². The number of imidazole rings is 1. The highest BCUT2D eigenvalue weighted by Crippen LogP contribution is 2.27. The molecule has 0 radical (unpaired) electrons. The molecule has 7 heteroatoms. The molecule has 0 atom stereocenters. The smallest absolute Gasteiger partial charge is 0.291 e. The van der Waals surface area contributed by atoms with Crippen LogP contribution in [0.4, 0.5) is 0 Å². The maximum Gasteiger partial charge on any atom is 0.343 e. The van der Waals surface area contributed by atoms with Crippen molar-refractivity contribution in [1.29, 1.82) is 0 Å². The monoisotopic (exact) mass is 404 g/mol. The van der Waals surface area contributed by atoms with Gasteiger partial charge < -0.3 is 0 Å². The van der Waals surface area contributed by atoms with Crippen molar-refractivity contribution in [2.75, 3.05) is 0 Å². The van der Waals surface area contributed by atoms with Crippen LogP contribution in [0, 0.1) is 5.92 Å². The third kappa shape index (κ3) is 3.32. The van der Waals surface area contributed by atoms with Gasteiger partial charge in [-0.15, -0.1) is 0 Å². The average molecular weight is 405 g/mol. The van der Waals surface area contributed by atoms with Gasteiger partial charge in [0.05, 0.1) is 15.9 Å². The SMILES string of the molecule is O=c1n(CC2CCCCC2)c2ccccc2n1S(=O)(=O)c1cccc(Cl)c1. The third-order valence-electron chi connectivity index (χ3n) is 5.30. The highest BCUT2D eigenvalue weighted by Gasteiger charge is 2.26. The average Bonchev–Trinajstić information content (AvgIpc) is 2.95. The molecule has 1 saturated carbocycles. The van der Waals surface area contributed by atoms with E-state index in [4.69, 9.17) is 11.6 Å². The van der Waals surface area contributed by atoms with E-state index in [1.165, 1.54) is 31.4 Å². The molecule has 1 aliphatic carbocycles. The van der Waals surface area contributed by atoms with Crippen LogP contribution in [-0.2, 0) is 16.6 Å². The number of aromatic nitrogens is 2. The fraction of sp³-hybridized carbons (Fsp3) is 0.350. The molecule has 0 N–H and O–H groups in total. The number of halogens is 1. The first kappa shape index (κ1) is 18.3. The second-order valence-corrected chi connectivity index (χ2v) is 9.34. The molecule has 2 aromatic carbocycles. The highest BCUT2D eigenvalue weighted by atomic mass is 35.5. The lowest BCUT2D eigenvalue weighted by atomic mass is 9.89. The van der Waals surface area contributed by atoms with Crippen LogP contribution >= 0.6 is 11.6 Å². The van der Waals surface area contributed by atoms with Crippen molar-refractivity contribution in [2.24, 2.45) is 5.92 Å². The van der Waals surface area contributed by atoms with Crippen molar-refractivity contribution in [3.63, 3.8) is 0 Å². The van der Waals surface area contributed by atoms with E-state index in [0.717, 1.165) is 16.8 Å². The lowest BCUT2D eigenvalue weighted by Gasteiger charge is -2.21. The van der Waals surface area contributed by atoms with Gasteiger partial charge >= 0.3 is 5.69 Å². The molecule has 0 spiro atoms. The number of benzene rings is 2. The van der Waals surface area contributed by atoms with Gasteiger partial charge in [0.15, 0.2) is 0 Å². The molecule has 0 aliphatic heterocycles. The van der Waals surface area contributed by atoms with E-state index in [-0.39, 0.29) is 4.90 Å². The molecule has 0 bridgehead atoms. The summed E-state index contributed by atoms with van der Waals surface area (Å²) < 4.78 is 29.0. The fourth-order valence-corrected chi connectivity index (χ4v) is 5.66. The Labute approximate surface area is 163 Å². The van der Waals surface area contributed by atoms with Gasteiger partial charge in [0.25, 0.3) is 10.0 Å². The van der Waals surface area contributed by atoms with Crippen LogP contribution in [0.5, 0.6) is 0 Å². The van der Waals surface area contributed by atoms with Crippen LogP contribution in [0.1, 0.15) is 32.1 Å². The van der Waals surface area contributed by atoms with Gasteiger partial charge in [-0.3, -0.25) is 4.57 Å². The normalized spacial score (nSPS) is 16.0. The van der Waals surface area contributed by atoms with E-state index >= 15 is 0 Å². The van der Waals surface area contributed by atoms with Crippen molar-refractivity contribution < 1.29 is 8.42 Å². The molecule has 142 valence electrons. The van der Waals surface area contributed by atoms with Gasteiger partial charge in [-0.25, -0.2) is 13.2 Å². The first-order chi connectivity index (χ1) is 13.0. The van der Waals surface area contributed by atoms with Crippen molar-refractivity contribution in [1.82, 2.24) is 8.54 Å². The van der Waals surface area contributed by atoms with E-state index in [1.54, 1.807) is 28.8 Å². The molecule has 27 heavy (non-hydrogen) atoms. The first-order valence-corrected chi connectivity index (χ1v) is 11.0. The molecule has 1 aromatic heterocycles. The summed E-state index contributed by atoms with van der Waals surface area (Å²) in [5, 5.41) is 0.315. The molecule has 0 saturated heterocycles. The predicted octanol–water partition coefficient (Wildman–Crippen LogP) is 4.27. The zero-order valence-corrected chi connectivity index (χ0v) is 16.4.